The van der Waals surface area contributed by atoms with Gasteiger partial charge in [0.1, 0.15) is 0 Å². The molecule has 4 nitrogen and oxygen atoms in total. The molecule has 1 aromatic heterocycles. The molecule has 84 valence electrons. The number of aromatic nitrogens is 2. The molecule has 0 spiro atoms. The average Bonchev–Trinajstić information content (AvgIpc) is 2.21. The van der Waals surface area contributed by atoms with Gasteiger partial charge in [0.15, 0.2) is 0 Å². The monoisotopic (exact) mass is 209 g/mol. The second kappa shape index (κ2) is 5.07. The Kier molecular flexibility index (Phi) is 4.03. The van der Waals surface area contributed by atoms with Gasteiger partial charge in [-0.2, -0.15) is 0 Å². The minimum Gasteiger partial charge on any atom is -0.310 e. The highest BCUT2D eigenvalue weighted by atomic mass is 16.1. The first kappa shape index (κ1) is 11.9. The van der Waals surface area contributed by atoms with Crippen molar-refractivity contribution in [3.63, 3.8) is 0 Å². The third-order valence-corrected chi connectivity index (χ3v) is 2.63. The van der Waals surface area contributed by atoms with Crippen LogP contribution < -0.4 is 10.9 Å². The van der Waals surface area contributed by atoms with E-state index in [1.165, 1.54) is 12.3 Å². The van der Waals surface area contributed by atoms with E-state index in [-0.39, 0.29) is 11.1 Å². The van der Waals surface area contributed by atoms with E-state index in [1.807, 2.05) is 0 Å². The van der Waals surface area contributed by atoms with E-state index in [2.05, 4.69) is 31.1 Å². The summed E-state index contributed by atoms with van der Waals surface area (Å²) in [6.45, 7) is 7.89. The first-order valence-electron chi connectivity index (χ1n) is 5.30. The summed E-state index contributed by atoms with van der Waals surface area (Å²) in [5.74, 6) is 0. The van der Waals surface area contributed by atoms with Gasteiger partial charge in [-0.3, -0.25) is 9.36 Å². The average molecular weight is 209 g/mol. The number of rotatable bonds is 5. The Morgan fingerprint density at radius 2 is 2.27 bits per heavy atom. The Bertz CT molecular complexity index is 357. The normalized spacial score (nSPS) is 11.7. The summed E-state index contributed by atoms with van der Waals surface area (Å²) < 4.78 is 1.61. The Balaban J connectivity index is 2.45. The van der Waals surface area contributed by atoms with E-state index in [9.17, 15) is 4.79 Å². The third-order valence-electron chi connectivity index (χ3n) is 2.63. The van der Waals surface area contributed by atoms with Crippen LogP contribution in [0.25, 0.3) is 0 Å². The number of nitrogens with one attached hydrogen (secondary N) is 1. The second-order valence-electron chi connectivity index (χ2n) is 4.28. The van der Waals surface area contributed by atoms with Crippen molar-refractivity contribution in [2.75, 3.05) is 6.54 Å². The Morgan fingerprint density at radius 3 is 2.87 bits per heavy atom. The fourth-order valence-corrected chi connectivity index (χ4v) is 1.19. The van der Waals surface area contributed by atoms with Gasteiger partial charge in [-0.15, -0.1) is 0 Å². The van der Waals surface area contributed by atoms with E-state index in [0.29, 0.717) is 6.54 Å². The van der Waals surface area contributed by atoms with Crippen molar-refractivity contribution in [1.82, 2.24) is 14.9 Å². The summed E-state index contributed by atoms with van der Waals surface area (Å²) in [7, 11) is 0. The molecule has 0 aliphatic heterocycles. The summed E-state index contributed by atoms with van der Waals surface area (Å²) >= 11 is 0. The smallest absolute Gasteiger partial charge is 0.253 e. The first-order chi connectivity index (χ1) is 7.05. The molecule has 0 amide bonds. The van der Waals surface area contributed by atoms with Crippen molar-refractivity contribution < 1.29 is 0 Å². The zero-order valence-electron chi connectivity index (χ0n) is 9.66. The van der Waals surface area contributed by atoms with Gasteiger partial charge in [-0.05, 0) is 20.3 Å². The lowest BCUT2D eigenvalue weighted by Gasteiger charge is -2.24. The maximum atomic E-state index is 11.3. The van der Waals surface area contributed by atoms with E-state index >= 15 is 0 Å². The van der Waals surface area contributed by atoms with Gasteiger partial charge in [0.25, 0.3) is 5.56 Å². The standard InChI is InChI=1S/C11H19N3O/c1-4-11(2,3)13-7-8-14-9-12-6-5-10(14)15/h5-6,9,13H,4,7-8H2,1-3H3. The van der Waals surface area contributed by atoms with Crippen LogP contribution in [0.3, 0.4) is 0 Å². The minimum atomic E-state index is 0.00102. The van der Waals surface area contributed by atoms with Gasteiger partial charge < -0.3 is 5.32 Å². The Hall–Kier alpha value is -1.16. The van der Waals surface area contributed by atoms with Crippen molar-refractivity contribution in [2.45, 2.75) is 39.3 Å². The van der Waals surface area contributed by atoms with Crippen molar-refractivity contribution in [1.29, 1.82) is 0 Å². The molecule has 0 aromatic carbocycles. The molecule has 0 saturated carbocycles. The first-order valence-corrected chi connectivity index (χ1v) is 5.30. The van der Waals surface area contributed by atoms with Gasteiger partial charge in [0.05, 0.1) is 6.33 Å². The molecule has 0 aliphatic rings. The lowest BCUT2D eigenvalue weighted by molar-refractivity contribution is 0.366. The molecule has 0 fully saturated rings. The molecule has 1 heterocycles. The molecule has 0 bridgehead atoms. The summed E-state index contributed by atoms with van der Waals surface area (Å²) in [6, 6.07) is 1.48. The highest BCUT2D eigenvalue weighted by Crippen LogP contribution is 2.05. The summed E-state index contributed by atoms with van der Waals surface area (Å²) in [5.41, 5.74) is 0.132. The lowest BCUT2D eigenvalue weighted by Crippen LogP contribution is -2.41. The summed E-state index contributed by atoms with van der Waals surface area (Å²) in [4.78, 5) is 15.3. The van der Waals surface area contributed by atoms with Crippen LogP contribution >= 0.6 is 0 Å². The van der Waals surface area contributed by atoms with Crippen LogP contribution in [-0.2, 0) is 6.54 Å². The van der Waals surface area contributed by atoms with Crippen LogP contribution in [-0.4, -0.2) is 21.6 Å². The molecule has 1 aromatic rings. The maximum absolute atomic E-state index is 11.3. The van der Waals surface area contributed by atoms with E-state index in [1.54, 1.807) is 10.9 Å². The largest absolute Gasteiger partial charge is 0.310 e. The van der Waals surface area contributed by atoms with Crippen LogP contribution in [0, 0.1) is 0 Å². The predicted molar refractivity (Wildman–Crippen MR) is 60.9 cm³/mol. The molecule has 1 rings (SSSR count). The SMILES string of the molecule is CCC(C)(C)NCCn1cnccc1=O. The molecule has 1 N–H and O–H groups in total. The van der Waals surface area contributed by atoms with E-state index in [0.717, 1.165) is 13.0 Å². The molecule has 0 atom stereocenters. The highest BCUT2D eigenvalue weighted by molar-refractivity contribution is 4.82. The van der Waals surface area contributed by atoms with Crippen LogP contribution in [0.2, 0.25) is 0 Å². The zero-order chi connectivity index (χ0) is 11.3. The van der Waals surface area contributed by atoms with Gasteiger partial charge in [0, 0.05) is 30.9 Å². The van der Waals surface area contributed by atoms with Crippen molar-refractivity contribution in [3.05, 3.63) is 28.9 Å². The van der Waals surface area contributed by atoms with E-state index in [4.69, 9.17) is 0 Å². The second-order valence-corrected chi connectivity index (χ2v) is 4.28. The lowest BCUT2D eigenvalue weighted by atomic mass is 10.0. The summed E-state index contributed by atoms with van der Waals surface area (Å²) in [5, 5.41) is 3.40. The number of hydrogen-bond donors (Lipinski definition) is 1. The predicted octanol–water partition coefficient (Wildman–Crippen LogP) is 1.02. The summed E-state index contributed by atoms with van der Waals surface area (Å²) in [6.07, 6.45) is 4.15. The molecule has 0 unspecified atom stereocenters. The maximum Gasteiger partial charge on any atom is 0.253 e. The van der Waals surface area contributed by atoms with Gasteiger partial charge in [-0.25, -0.2) is 4.98 Å². The van der Waals surface area contributed by atoms with Gasteiger partial charge in [0.2, 0.25) is 0 Å². The van der Waals surface area contributed by atoms with Crippen LogP contribution in [0.15, 0.2) is 23.4 Å². The molecule has 15 heavy (non-hydrogen) atoms. The fraction of sp³-hybridized carbons (Fsp3) is 0.636. The molecular weight excluding hydrogens is 190 g/mol. The molecule has 0 aliphatic carbocycles. The topological polar surface area (TPSA) is 46.9 Å². The quantitative estimate of drug-likeness (QED) is 0.787. The molecule has 0 radical (unpaired) electrons. The highest BCUT2D eigenvalue weighted by Gasteiger charge is 2.12. The molecule has 0 saturated heterocycles. The number of hydrogen-bond acceptors (Lipinski definition) is 3. The Labute approximate surface area is 90.3 Å². The Morgan fingerprint density at radius 1 is 1.53 bits per heavy atom. The van der Waals surface area contributed by atoms with Crippen LogP contribution in [0.4, 0.5) is 0 Å². The van der Waals surface area contributed by atoms with Gasteiger partial charge >= 0.3 is 0 Å². The molecular formula is C11H19N3O. The molecule has 4 heteroatoms. The van der Waals surface area contributed by atoms with Gasteiger partial charge in [-0.1, -0.05) is 6.92 Å². The van der Waals surface area contributed by atoms with Crippen molar-refractivity contribution in [3.8, 4) is 0 Å². The third kappa shape index (κ3) is 3.83. The zero-order valence-corrected chi connectivity index (χ0v) is 9.66. The van der Waals surface area contributed by atoms with Crippen LogP contribution in [0.5, 0.6) is 0 Å². The van der Waals surface area contributed by atoms with Crippen molar-refractivity contribution in [2.24, 2.45) is 0 Å². The number of nitrogens with zero attached hydrogens (tertiary/aromatic N) is 2. The fourth-order valence-electron chi connectivity index (χ4n) is 1.19. The van der Waals surface area contributed by atoms with Crippen molar-refractivity contribution >= 4 is 0 Å². The minimum absolute atomic E-state index is 0.00102. The van der Waals surface area contributed by atoms with E-state index < -0.39 is 0 Å². The van der Waals surface area contributed by atoms with Crippen LogP contribution in [0.1, 0.15) is 27.2 Å².